The monoisotopic (exact) mass is 346 g/mol. The quantitative estimate of drug-likeness (QED) is 0.904. The molecule has 0 aromatic heterocycles. The highest BCUT2D eigenvalue weighted by atomic mass is 79.9. The molecule has 0 aliphatic heterocycles. The first kappa shape index (κ1) is 15.7. The fraction of sp³-hybridized carbons (Fsp3) is 0.235. The fourth-order valence-electron chi connectivity index (χ4n) is 2.14. The van der Waals surface area contributed by atoms with Crippen molar-refractivity contribution in [3.8, 4) is 0 Å². The van der Waals surface area contributed by atoms with Crippen molar-refractivity contribution >= 4 is 27.5 Å². The van der Waals surface area contributed by atoms with E-state index in [9.17, 15) is 4.79 Å². The van der Waals surface area contributed by atoms with E-state index >= 15 is 0 Å². The van der Waals surface area contributed by atoms with Crippen LogP contribution in [0.15, 0.2) is 46.9 Å². The lowest BCUT2D eigenvalue weighted by Gasteiger charge is -2.16. The second-order valence-corrected chi connectivity index (χ2v) is 6.28. The summed E-state index contributed by atoms with van der Waals surface area (Å²) in [6.07, 6.45) is 0. The van der Waals surface area contributed by atoms with Crippen molar-refractivity contribution in [2.24, 2.45) is 0 Å². The van der Waals surface area contributed by atoms with Crippen LogP contribution >= 0.6 is 15.9 Å². The van der Waals surface area contributed by atoms with Crippen LogP contribution in [0, 0.1) is 6.92 Å². The van der Waals surface area contributed by atoms with E-state index in [1.54, 1.807) is 6.07 Å². The van der Waals surface area contributed by atoms with E-state index in [1.165, 1.54) is 5.56 Å². The Morgan fingerprint density at radius 3 is 2.62 bits per heavy atom. The van der Waals surface area contributed by atoms with Crippen molar-refractivity contribution in [3.05, 3.63) is 63.6 Å². The van der Waals surface area contributed by atoms with Crippen LogP contribution in [-0.2, 0) is 6.54 Å². The molecule has 21 heavy (non-hydrogen) atoms. The van der Waals surface area contributed by atoms with E-state index in [0.717, 1.165) is 22.3 Å². The van der Waals surface area contributed by atoms with E-state index in [2.05, 4.69) is 39.1 Å². The van der Waals surface area contributed by atoms with Crippen LogP contribution in [0.3, 0.4) is 0 Å². The Labute approximate surface area is 134 Å². The predicted octanol–water partition coefficient (Wildman–Crippen LogP) is 4.07. The molecule has 4 heteroatoms. The third kappa shape index (κ3) is 4.41. The fourth-order valence-corrected chi connectivity index (χ4v) is 2.54. The normalized spacial score (nSPS) is 10.7. The average Bonchev–Trinajstić information content (AvgIpc) is 2.41. The molecule has 0 aliphatic carbocycles. The van der Waals surface area contributed by atoms with Crippen molar-refractivity contribution in [2.45, 2.75) is 13.5 Å². The number of hydrogen-bond acceptors (Lipinski definition) is 2. The topological polar surface area (TPSA) is 32.3 Å². The molecular weight excluding hydrogens is 328 g/mol. The zero-order valence-corrected chi connectivity index (χ0v) is 14.1. The van der Waals surface area contributed by atoms with Gasteiger partial charge in [-0.25, -0.2) is 0 Å². The number of carbonyl (C=O) groups is 1. The van der Waals surface area contributed by atoms with Gasteiger partial charge in [0.05, 0.1) is 0 Å². The van der Waals surface area contributed by atoms with Crippen LogP contribution in [0.5, 0.6) is 0 Å². The Bertz CT molecular complexity index is 653. The minimum atomic E-state index is -0.0971. The summed E-state index contributed by atoms with van der Waals surface area (Å²) < 4.78 is 0.896. The van der Waals surface area contributed by atoms with Crippen LogP contribution in [0.25, 0.3) is 0 Å². The molecule has 3 nitrogen and oxygen atoms in total. The minimum Gasteiger partial charge on any atom is -0.322 e. The number of halogens is 1. The van der Waals surface area contributed by atoms with Gasteiger partial charge in [0.1, 0.15) is 0 Å². The van der Waals surface area contributed by atoms with Crippen molar-refractivity contribution in [1.29, 1.82) is 0 Å². The Morgan fingerprint density at radius 2 is 1.95 bits per heavy atom. The van der Waals surface area contributed by atoms with E-state index in [-0.39, 0.29) is 5.91 Å². The number of anilines is 1. The number of amides is 1. The van der Waals surface area contributed by atoms with Gasteiger partial charge >= 0.3 is 0 Å². The number of nitrogens with one attached hydrogen (secondary N) is 1. The molecule has 2 rings (SSSR count). The zero-order chi connectivity index (χ0) is 15.4. The van der Waals surface area contributed by atoms with E-state index < -0.39 is 0 Å². The van der Waals surface area contributed by atoms with Crippen LogP contribution in [-0.4, -0.2) is 24.9 Å². The molecule has 110 valence electrons. The molecule has 0 spiro atoms. The molecule has 2 aromatic rings. The standard InChI is InChI=1S/C17H19BrN2O/c1-12-7-8-16(14(9-12)11-20(2)3)19-17(21)13-5-4-6-15(18)10-13/h4-10H,11H2,1-3H3,(H,19,21). The van der Waals surface area contributed by atoms with Crippen LogP contribution in [0.2, 0.25) is 0 Å². The van der Waals surface area contributed by atoms with Crippen molar-refractivity contribution in [2.75, 3.05) is 19.4 Å². The van der Waals surface area contributed by atoms with Crippen LogP contribution < -0.4 is 5.32 Å². The molecule has 0 saturated heterocycles. The second kappa shape index (κ2) is 6.87. The highest BCUT2D eigenvalue weighted by Gasteiger charge is 2.10. The van der Waals surface area contributed by atoms with Gasteiger partial charge in [0, 0.05) is 22.3 Å². The SMILES string of the molecule is Cc1ccc(NC(=O)c2cccc(Br)c2)c(CN(C)C)c1. The first-order valence-corrected chi connectivity index (χ1v) is 7.56. The molecule has 0 bridgehead atoms. The number of aryl methyl sites for hydroxylation is 1. The molecule has 2 aromatic carbocycles. The summed E-state index contributed by atoms with van der Waals surface area (Å²) in [4.78, 5) is 14.4. The number of hydrogen-bond donors (Lipinski definition) is 1. The smallest absolute Gasteiger partial charge is 0.255 e. The lowest BCUT2D eigenvalue weighted by Crippen LogP contribution is -2.16. The predicted molar refractivity (Wildman–Crippen MR) is 90.7 cm³/mol. The summed E-state index contributed by atoms with van der Waals surface area (Å²) >= 11 is 3.39. The molecule has 0 saturated carbocycles. The summed E-state index contributed by atoms with van der Waals surface area (Å²) in [6, 6.07) is 13.5. The van der Waals surface area contributed by atoms with Gasteiger partial charge in [0.2, 0.25) is 0 Å². The van der Waals surface area contributed by atoms with Gasteiger partial charge in [-0.3, -0.25) is 4.79 Å². The summed E-state index contributed by atoms with van der Waals surface area (Å²) in [7, 11) is 4.03. The number of rotatable bonds is 4. The maximum atomic E-state index is 12.3. The van der Waals surface area contributed by atoms with Crippen molar-refractivity contribution in [1.82, 2.24) is 4.90 Å². The van der Waals surface area contributed by atoms with Crippen molar-refractivity contribution in [3.63, 3.8) is 0 Å². The number of nitrogens with zero attached hydrogens (tertiary/aromatic N) is 1. The molecule has 0 heterocycles. The van der Waals surface area contributed by atoms with Crippen LogP contribution in [0.1, 0.15) is 21.5 Å². The van der Waals surface area contributed by atoms with Gasteiger partial charge in [-0.05, 0) is 50.8 Å². The van der Waals surface area contributed by atoms with Crippen LogP contribution in [0.4, 0.5) is 5.69 Å². The Balaban J connectivity index is 2.24. The third-order valence-electron chi connectivity index (χ3n) is 3.08. The van der Waals surface area contributed by atoms with Gasteiger partial charge in [0.15, 0.2) is 0 Å². The summed E-state index contributed by atoms with van der Waals surface area (Å²) in [5.74, 6) is -0.0971. The number of benzene rings is 2. The molecule has 1 N–H and O–H groups in total. The lowest BCUT2D eigenvalue weighted by molar-refractivity contribution is 0.102. The van der Waals surface area contributed by atoms with E-state index in [0.29, 0.717) is 5.56 Å². The highest BCUT2D eigenvalue weighted by Crippen LogP contribution is 2.20. The van der Waals surface area contributed by atoms with Gasteiger partial charge in [-0.15, -0.1) is 0 Å². The minimum absolute atomic E-state index is 0.0971. The lowest BCUT2D eigenvalue weighted by atomic mass is 10.1. The molecular formula is C17H19BrN2O. The summed E-state index contributed by atoms with van der Waals surface area (Å²) in [5.41, 5.74) is 3.80. The van der Waals surface area contributed by atoms with Gasteiger partial charge in [-0.1, -0.05) is 39.7 Å². The Morgan fingerprint density at radius 1 is 1.19 bits per heavy atom. The summed E-state index contributed by atoms with van der Waals surface area (Å²) in [5, 5.41) is 3.00. The van der Waals surface area contributed by atoms with Gasteiger partial charge in [0.25, 0.3) is 5.91 Å². The first-order chi connectivity index (χ1) is 9.95. The molecule has 0 unspecified atom stereocenters. The molecule has 0 radical (unpaired) electrons. The third-order valence-corrected chi connectivity index (χ3v) is 3.58. The largest absolute Gasteiger partial charge is 0.322 e. The van der Waals surface area contributed by atoms with E-state index in [4.69, 9.17) is 0 Å². The second-order valence-electron chi connectivity index (χ2n) is 5.36. The number of carbonyl (C=O) groups excluding carboxylic acids is 1. The zero-order valence-electron chi connectivity index (χ0n) is 12.5. The first-order valence-electron chi connectivity index (χ1n) is 6.77. The highest BCUT2D eigenvalue weighted by molar-refractivity contribution is 9.10. The molecule has 0 aliphatic rings. The Hall–Kier alpha value is -1.65. The van der Waals surface area contributed by atoms with Crippen molar-refractivity contribution < 1.29 is 4.79 Å². The summed E-state index contributed by atoms with van der Waals surface area (Å²) in [6.45, 7) is 2.84. The maximum absolute atomic E-state index is 12.3. The molecule has 1 amide bonds. The van der Waals surface area contributed by atoms with Gasteiger partial charge in [-0.2, -0.15) is 0 Å². The average molecular weight is 347 g/mol. The molecule has 0 atom stereocenters. The Kier molecular flexibility index (Phi) is 5.15. The van der Waals surface area contributed by atoms with Gasteiger partial charge < -0.3 is 10.2 Å². The maximum Gasteiger partial charge on any atom is 0.255 e. The van der Waals surface area contributed by atoms with E-state index in [1.807, 2.05) is 44.4 Å². The molecule has 0 fully saturated rings.